The van der Waals surface area contributed by atoms with Gasteiger partial charge in [0.25, 0.3) is 5.56 Å². The Bertz CT molecular complexity index is 646. The lowest BCUT2D eigenvalue weighted by molar-refractivity contribution is 0.655. The van der Waals surface area contributed by atoms with E-state index in [-0.39, 0.29) is 11.5 Å². The molecule has 2 rings (SSSR count). The molecule has 2 aromatic rings. The lowest BCUT2D eigenvalue weighted by Crippen LogP contribution is -2.17. The summed E-state index contributed by atoms with van der Waals surface area (Å²) < 4.78 is 0. The first-order chi connectivity index (χ1) is 10.6. The van der Waals surface area contributed by atoms with E-state index in [0.29, 0.717) is 12.1 Å². The van der Waals surface area contributed by atoms with Crippen molar-refractivity contribution in [2.24, 2.45) is 5.73 Å². The normalized spacial score (nSPS) is 11.1. The number of rotatable bonds is 7. The van der Waals surface area contributed by atoms with Crippen LogP contribution in [0.1, 0.15) is 37.6 Å². The third kappa shape index (κ3) is 4.26. The Kier molecular flexibility index (Phi) is 5.86. The van der Waals surface area contributed by atoms with Gasteiger partial charge in [0, 0.05) is 18.7 Å². The van der Waals surface area contributed by atoms with E-state index in [1.54, 1.807) is 6.20 Å². The van der Waals surface area contributed by atoms with Crippen molar-refractivity contribution >= 4 is 0 Å². The van der Waals surface area contributed by atoms with Crippen LogP contribution in [0.25, 0.3) is 11.1 Å². The molecule has 0 aliphatic heterocycles. The monoisotopic (exact) mass is 300 g/mol. The van der Waals surface area contributed by atoms with Crippen LogP contribution in [0.5, 0.6) is 0 Å². The fourth-order valence-corrected chi connectivity index (χ4v) is 2.17. The lowest BCUT2D eigenvalue weighted by atomic mass is 10.1. The van der Waals surface area contributed by atoms with E-state index in [1.807, 2.05) is 38.1 Å². The average Bonchev–Trinajstić information content (AvgIpc) is 2.52. The largest absolute Gasteiger partial charge is 0.330 e. The van der Waals surface area contributed by atoms with E-state index in [2.05, 4.69) is 15.3 Å². The summed E-state index contributed by atoms with van der Waals surface area (Å²) in [4.78, 5) is 19.3. The molecule has 0 unspecified atom stereocenters. The second kappa shape index (κ2) is 7.87. The van der Waals surface area contributed by atoms with Gasteiger partial charge in [-0.05, 0) is 30.6 Å². The molecule has 118 valence electrons. The van der Waals surface area contributed by atoms with Crippen LogP contribution in [-0.4, -0.2) is 23.1 Å². The maximum Gasteiger partial charge on any atom is 0.258 e. The Balaban J connectivity index is 2.09. The topological polar surface area (TPSA) is 83.8 Å². The smallest absolute Gasteiger partial charge is 0.258 e. The van der Waals surface area contributed by atoms with Crippen molar-refractivity contribution in [1.29, 1.82) is 0 Å². The van der Waals surface area contributed by atoms with E-state index in [0.717, 1.165) is 30.9 Å². The molecule has 0 amide bonds. The molecule has 0 saturated heterocycles. The number of nitrogens with two attached hydrogens (primary N) is 1. The van der Waals surface area contributed by atoms with Crippen LogP contribution in [0.15, 0.2) is 35.3 Å². The molecule has 0 spiro atoms. The molecule has 0 fully saturated rings. The van der Waals surface area contributed by atoms with E-state index in [1.165, 1.54) is 5.56 Å². The highest BCUT2D eigenvalue weighted by Crippen LogP contribution is 2.16. The zero-order valence-corrected chi connectivity index (χ0v) is 13.2. The van der Waals surface area contributed by atoms with Crippen molar-refractivity contribution in [3.05, 3.63) is 52.2 Å². The number of hydrogen-bond acceptors (Lipinski definition) is 4. The minimum Gasteiger partial charge on any atom is -0.330 e. The first kappa shape index (κ1) is 16.4. The molecule has 5 nitrogen and oxygen atoms in total. The zero-order valence-electron chi connectivity index (χ0n) is 13.2. The SMILES string of the molecule is CC(C)c1ncc(-c2ccc(CNCCCN)cc2)c(=O)[nH]1. The number of nitrogens with zero attached hydrogens (tertiary/aromatic N) is 1. The van der Waals surface area contributed by atoms with Gasteiger partial charge in [0.2, 0.25) is 0 Å². The van der Waals surface area contributed by atoms with Crippen LogP contribution in [0, 0.1) is 0 Å². The lowest BCUT2D eigenvalue weighted by Gasteiger charge is -2.07. The summed E-state index contributed by atoms with van der Waals surface area (Å²) in [5.41, 5.74) is 8.04. The first-order valence-electron chi connectivity index (χ1n) is 7.71. The van der Waals surface area contributed by atoms with E-state index in [4.69, 9.17) is 5.73 Å². The Labute approximate surface area is 131 Å². The van der Waals surface area contributed by atoms with Crippen LogP contribution in [0.2, 0.25) is 0 Å². The standard InChI is InChI=1S/C17H24N4O/c1-12(2)16-20-11-15(17(22)21-16)14-6-4-13(5-7-14)10-19-9-3-8-18/h4-7,11-12,19H,3,8-10,18H2,1-2H3,(H,20,21,22). The molecule has 0 aliphatic carbocycles. The van der Waals surface area contributed by atoms with E-state index >= 15 is 0 Å². The predicted octanol–water partition coefficient (Wildman–Crippen LogP) is 2.00. The maximum absolute atomic E-state index is 12.2. The summed E-state index contributed by atoms with van der Waals surface area (Å²) in [5, 5.41) is 3.33. The number of benzene rings is 1. The summed E-state index contributed by atoms with van der Waals surface area (Å²) in [6.07, 6.45) is 2.63. The molecular formula is C17H24N4O. The fourth-order valence-electron chi connectivity index (χ4n) is 2.17. The van der Waals surface area contributed by atoms with Crippen LogP contribution in [0.3, 0.4) is 0 Å². The Hall–Kier alpha value is -1.98. The van der Waals surface area contributed by atoms with Crippen molar-refractivity contribution in [1.82, 2.24) is 15.3 Å². The van der Waals surface area contributed by atoms with Crippen LogP contribution in [0.4, 0.5) is 0 Å². The number of H-pyrrole nitrogens is 1. The van der Waals surface area contributed by atoms with Crippen molar-refractivity contribution in [3.8, 4) is 11.1 Å². The van der Waals surface area contributed by atoms with Crippen LogP contribution in [-0.2, 0) is 6.54 Å². The fraction of sp³-hybridized carbons (Fsp3) is 0.412. The van der Waals surface area contributed by atoms with Gasteiger partial charge < -0.3 is 16.0 Å². The molecule has 0 bridgehead atoms. The summed E-state index contributed by atoms with van der Waals surface area (Å²) >= 11 is 0. The first-order valence-corrected chi connectivity index (χ1v) is 7.71. The van der Waals surface area contributed by atoms with Gasteiger partial charge in [0.05, 0.1) is 5.56 Å². The van der Waals surface area contributed by atoms with Gasteiger partial charge in [-0.15, -0.1) is 0 Å². The van der Waals surface area contributed by atoms with Gasteiger partial charge in [0.1, 0.15) is 5.82 Å². The molecule has 0 atom stereocenters. The van der Waals surface area contributed by atoms with Crippen LogP contribution >= 0.6 is 0 Å². The number of hydrogen-bond donors (Lipinski definition) is 3. The van der Waals surface area contributed by atoms with Gasteiger partial charge >= 0.3 is 0 Å². The average molecular weight is 300 g/mol. The molecule has 1 aromatic heterocycles. The van der Waals surface area contributed by atoms with Gasteiger partial charge in [-0.3, -0.25) is 4.79 Å². The predicted molar refractivity (Wildman–Crippen MR) is 89.8 cm³/mol. The van der Waals surface area contributed by atoms with Gasteiger partial charge in [-0.25, -0.2) is 4.98 Å². The number of aromatic nitrogens is 2. The molecule has 1 aromatic carbocycles. The minimum atomic E-state index is -0.0903. The second-order valence-electron chi connectivity index (χ2n) is 5.68. The Morgan fingerprint density at radius 1 is 1.27 bits per heavy atom. The van der Waals surface area contributed by atoms with Crippen LogP contribution < -0.4 is 16.6 Å². The zero-order chi connectivity index (χ0) is 15.9. The molecule has 22 heavy (non-hydrogen) atoms. The van der Waals surface area contributed by atoms with Gasteiger partial charge in [-0.2, -0.15) is 0 Å². The Morgan fingerprint density at radius 2 is 2.00 bits per heavy atom. The van der Waals surface area contributed by atoms with E-state index in [9.17, 15) is 4.79 Å². The highest BCUT2D eigenvalue weighted by molar-refractivity contribution is 5.61. The minimum absolute atomic E-state index is 0.0903. The molecular weight excluding hydrogens is 276 g/mol. The van der Waals surface area contributed by atoms with Gasteiger partial charge in [-0.1, -0.05) is 38.1 Å². The quantitative estimate of drug-likeness (QED) is 0.683. The van der Waals surface area contributed by atoms with Crippen molar-refractivity contribution in [3.63, 3.8) is 0 Å². The van der Waals surface area contributed by atoms with Crippen molar-refractivity contribution in [2.45, 2.75) is 32.7 Å². The summed E-state index contributed by atoms with van der Waals surface area (Å²) in [7, 11) is 0. The summed E-state index contributed by atoms with van der Waals surface area (Å²) in [5.74, 6) is 0.929. The molecule has 1 heterocycles. The third-order valence-corrected chi connectivity index (χ3v) is 3.52. The third-order valence-electron chi connectivity index (χ3n) is 3.52. The molecule has 0 aliphatic rings. The maximum atomic E-state index is 12.2. The second-order valence-corrected chi connectivity index (χ2v) is 5.68. The Morgan fingerprint density at radius 3 is 2.59 bits per heavy atom. The number of aromatic amines is 1. The summed E-state index contributed by atoms with van der Waals surface area (Å²) in [6, 6.07) is 7.98. The molecule has 4 N–H and O–H groups in total. The van der Waals surface area contributed by atoms with Crippen molar-refractivity contribution in [2.75, 3.05) is 13.1 Å². The molecule has 0 radical (unpaired) electrons. The number of nitrogens with one attached hydrogen (secondary N) is 2. The van der Waals surface area contributed by atoms with Crippen molar-refractivity contribution < 1.29 is 0 Å². The summed E-state index contributed by atoms with van der Waals surface area (Å²) in [6.45, 7) is 6.43. The highest BCUT2D eigenvalue weighted by atomic mass is 16.1. The van der Waals surface area contributed by atoms with E-state index < -0.39 is 0 Å². The van der Waals surface area contributed by atoms with Gasteiger partial charge in [0.15, 0.2) is 0 Å². The molecule has 5 heteroatoms. The highest BCUT2D eigenvalue weighted by Gasteiger charge is 2.07. The molecule has 0 saturated carbocycles.